The minimum absolute atomic E-state index is 0.00940. The highest BCUT2D eigenvalue weighted by Gasteiger charge is 2.52. The van der Waals surface area contributed by atoms with Gasteiger partial charge in [-0.1, -0.05) is 28.1 Å². The van der Waals surface area contributed by atoms with Crippen molar-refractivity contribution in [3.63, 3.8) is 0 Å². The molecule has 0 unspecified atom stereocenters. The van der Waals surface area contributed by atoms with Crippen LogP contribution >= 0.6 is 15.9 Å². The number of carbonyl (C=O) groups excluding carboxylic acids is 1. The zero-order valence-corrected chi connectivity index (χ0v) is 14.7. The lowest BCUT2D eigenvalue weighted by atomic mass is 9.99. The second kappa shape index (κ2) is 4.92. The molecule has 0 aliphatic carbocycles. The van der Waals surface area contributed by atoms with Gasteiger partial charge >= 0.3 is 0 Å². The number of nitrogens with zero attached hydrogens (tertiary/aromatic N) is 3. The fourth-order valence-corrected chi connectivity index (χ4v) is 3.89. The van der Waals surface area contributed by atoms with Crippen molar-refractivity contribution in [2.45, 2.75) is 5.66 Å². The van der Waals surface area contributed by atoms with Crippen molar-refractivity contribution in [3.05, 3.63) is 62.9 Å². The molecule has 0 saturated heterocycles. The number of hydrogen-bond donors (Lipinski definition) is 3. The van der Waals surface area contributed by atoms with Gasteiger partial charge in [-0.3, -0.25) is 19.5 Å². The van der Waals surface area contributed by atoms with Gasteiger partial charge in [-0.15, -0.1) is 0 Å². The third kappa shape index (κ3) is 1.77. The highest BCUT2D eigenvalue weighted by atomic mass is 79.9. The zero-order valence-electron chi connectivity index (χ0n) is 13.2. The molecule has 128 valence electrons. The minimum atomic E-state index is -1.48. The van der Waals surface area contributed by atoms with Crippen LogP contribution in [0, 0.1) is 0 Å². The highest BCUT2D eigenvalue weighted by Crippen LogP contribution is 2.45. The first-order valence-electron chi connectivity index (χ1n) is 7.77. The number of hydrogen-bond acceptors (Lipinski definition) is 6. The van der Waals surface area contributed by atoms with Crippen molar-refractivity contribution < 1.29 is 4.79 Å². The summed E-state index contributed by atoms with van der Waals surface area (Å²) in [5.41, 5.74) is 5.85. The molecule has 2 aliphatic heterocycles. The zero-order chi connectivity index (χ0) is 18.1. The van der Waals surface area contributed by atoms with Gasteiger partial charge in [0.25, 0.3) is 11.5 Å². The second-order valence-corrected chi connectivity index (χ2v) is 6.95. The van der Waals surface area contributed by atoms with Crippen molar-refractivity contribution >= 4 is 50.3 Å². The molecule has 0 radical (unpaired) electrons. The van der Waals surface area contributed by atoms with Crippen LogP contribution in [0.4, 0.5) is 11.6 Å². The fraction of sp³-hybridized carbons (Fsp3) is 0.0588. The maximum Gasteiger partial charge on any atom is 0.282 e. The first kappa shape index (κ1) is 15.1. The van der Waals surface area contributed by atoms with Gasteiger partial charge in [0, 0.05) is 15.7 Å². The number of amides is 1. The molecule has 0 fully saturated rings. The Kier molecular flexibility index (Phi) is 2.85. The molecule has 26 heavy (non-hydrogen) atoms. The number of anilines is 2. The normalized spacial score (nSPS) is 20.3. The highest BCUT2D eigenvalue weighted by molar-refractivity contribution is 9.10. The number of para-hydroxylation sites is 1. The maximum absolute atomic E-state index is 13.1. The smallest absolute Gasteiger partial charge is 0.282 e. The maximum atomic E-state index is 13.1. The number of nitrogens with one attached hydrogen (secondary N) is 2. The molecule has 8 nitrogen and oxygen atoms in total. The van der Waals surface area contributed by atoms with Gasteiger partial charge in [0.2, 0.25) is 11.6 Å². The first-order valence-corrected chi connectivity index (χ1v) is 8.56. The molecule has 1 amide bonds. The van der Waals surface area contributed by atoms with E-state index < -0.39 is 11.2 Å². The number of aliphatic imine (C=N–C) groups is 1. The molecule has 9 heteroatoms. The average Bonchev–Trinajstić information content (AvgIpc) is 2.87. The van der Waals surface area contributed by atoms with E-state index in [9.17, 15) is 9.59 Å². The van der Waals surface area contributed by atoms with Crippen LogP contribution in [0.1, 0.15) is 5.56 Å². The predicted molar refractivity (Wildman–Crippen MR) is 101 cm³/mol. The van der Waals surface area contributed by atoms with Gasteiger partial charge in [-0.05, 0) is 30.3 Å². The standard InChI is InChI=1S/C17H11BrN6O2/c18-8-5-6-11-10(7-8)17(14(26)20-11)23-15(19)22-16-21-13(25)9-3-1-2-4-12(9)24(16)17/h1-7H,(H,20,26)(H3,19,21,22,23,25)/t17-/m0/s1. The first-order chi connectivity index (χ1) is 12.5. The van der Waals surface area contributed by atoms with Crippen LogP contribution in [0.15, 0.2) is 56.7 Å². The van der Waals surface area contributed by atoms with Crippen molar-refractivity contribution in [2.24, 2.45) is 10.7 Å². The largest absolute Gasteiger partial charge is 0.370 e. The summed E-state index contributed by atoms with van der Waals surface area (Å²) >= 11 is 3.44. The second-order valence-electron chi connectivity index (χ2n) is 6.03. The Labute approximate surface area is 154 Å². The molecular weight excluding hydrogens is 400 g/mol. The number of halogens is 1. The van der Waals surface area contributed by atoms with Crippen LogP contribution in [-0.4, -0.2) is 21.4 Å². The van der Waals surface area contributed by atoms with E-state index in [0.29, 0.717) is 22.2 Å². The van der Waals surface area contributed by atoms with E-state index >= 15 is 0 Å². The van der Waals surface area contributed by atoms with E-state index in [2.05, 4.69) is 36.5 Å². The lowest BCUT2D eigenvalue weighted by molar-refractivity contribution is -0.121. The topological polar surface area (TPSA) is 114 Å². The van der Waals surface area contributed by atoms with Crippen molar-refractivity contribution in [1.29, 1.82) is 0 Å². The summed E-state index contributed by atoms with van der Waals surface area (Å²) in [5, 5.41) is 6.04. The minimum Gasteiger partial charge on any atom is -0.370 e. The number of guanidine groups is 1. The van der Waals surface area contributed by atoms with Crippen LogP contribution in [0.2, 0.25) is 0 Å². The summed E-state index contributed by atoms with van der Waals surface area (Å²) in [4.78, 5) is 34.1. The van der Waals surface area contributed by atoms with Gasteiger partial charge < -0.3 is 11.1 Å². The Morgan fingerprint density at radius 1 is 1.12 bits per heavy atom. The van der Waals surface area contributed by atoms with E-state index in [1.165, 1.54) is 0 Å². The van der Waals surface area contributed by atoms with Crippen LogP contribution in [0.3, 0.4) is 0 Å². The quantitative estimate of drug-likeness (QED) is 0.520. The van der Waals surface area contributed by atoms with Crippen LogP contribution in [0.25, 0.3) is 10.9 Å². The molecule has 0 saturated carbocycles. The summed E-state index contributed by atoms with van der Waals surface area (Å²) < 4.78 is 2.41. The summed E-state index contributed by atoms with van der Waals surface area (Å²) in [6, 6.07) is 12.4. The summed E-state index contributed by atoms with van der Waals surface area (Å²) in [5.74, 6) is -0.189. The van der Waals surface area contributed by atoms with E-state index in [1.807, 2.05) is 12.1 Å². The number of nitrogens with two attached hydrogens (primary N) is 1. The number of rotatable bonds is 0. The van der Waals surface area contributed by atoms with Gasteiger partial charge in [-0.2, -0.15) is 4.98 Å². The molecule has 3 heterocycles. The Morgan fingerprint density at radius 3 is 2.77 bits per heavy atom. The SMILES string of the molecule is NC1=N[C@]2(C(=O)Nc3ccc(Br)cc32)n2c(nc(=O)c3ccccc32)N1. The molecule has 5 rings (SSSR count). The Balaban J connectivity index is 1.99. The van der Waals surface area contributed by atoms with E-state index in [-0.39, 0.29) is 17.8 Å². The summed E-state index contributed by atoms with van der Waals surface area (Å²) in [6.07, 6.45) is 0. The number of benzene rings is 2. The molecule has 1 atom stereocenters. The fourth-order valence-electron chi connectivity index (χ4n) is 3.53. The Hall–Kier alpha value is -3.20. The Morgan fingerprint density at radius 2 is 1.92 bits per heavy atom. The van der Waals surface area contributed by atoms with E-state index in [4.69, 9.17) is 5.73 Å². The van der Waals surface area contributed by atoms with Gasteiger partial charge in [0.1, 0.15) is 0 Å². The van der Waals surface area contributed by atoms with Crippen molar-refractivity contribution in [3.8, 4) is 0 Å². The van der Waals surface area contributed by atoms with Gasteiger partial charge in [0.05, 0.1) is 10.9 Å². The number of aromatic nitrogens is 2. The summed E-state index contributed by atoms with van der Waals surface area (Å²) in [6.45, 7) is 0. The monoisotopic (exact) mass is 410 g/mol. The third-order valence-corrected chi connectivity index (χ3v) is 5.06. The van der Waals surface area contributed by atoms with Crippen molar-refractivity contribution in [1.82, 2.24) is 9.55 Å². The lowest BCUT2D eigenvalue weighted by Crippen LogP contribution is -2.49. The predicted octanol–water partition coefficient (Wildman–Crippen LogP) is 1.55. The van der Waals surface area contributed by atoms with Crippen LogP contribution in [-0.2, 0) is 10.5 Å². The van der Waals surface area contributed by atoms with Gasteiger partial charge in [-0.25, -0.2) is 4.99 Å². The molecule has 0 bridgehead atoms. The third-order valence-electron chi connectivity index (χ3n) is 4.56. The molecule has 1 aromatic heterocycles. The van der Waals surface area contributed by atoms with E-state index in [0.717, 1.165) is 4.47 Å². The summed E-state index contributed by atoms with van der Waals surface area (Å²) in [7, 11) is 0. The molecule has 2 aliphatic rings. The molecular formula is C17H11BrN6O2. The number of carbonyl (C=O) groups is 1. The van der Waals surface area contributed by atoms with Crippen molar-refractivity contribution in [2.75, 3.05) is 10.6 Å². The molecule has 3 aromatic rings. The lowest BCUT2D eigenvalue weighted by Gasteiger charge is -2.33. The molecule has 1 spiro atoms. The Bertz CT molecular complexity index is 1220. The molecule has 4 N–H and O–H groups in total. The van der Waals surface area contributed by atoms with Gasteiger partial charge in [0.15, 0.2) is 5.96 Å². The average molecular weight is 411 g/mol. The number of fused-ring (bicyclic) bond motifs is 6. The van der Waals surface area contributed by atoms with E-state index in [1.54, 1.807) is 34.9 Å². The molecule has 2 aromatic carbocycles. The van der Waals surface area contributed by atoms with Crippen LogP contribution < -0.4 is 21.9 Å². The van der Waals surface area contributed by atoms with Crippen LogP contribution in [0.5, 0.6) is 0 Å².